The van der Waals surface area contributed by atoms with Crippen molar-refractivity contribution in [3.8, 4) is 0 Å². The Morgan fingerprint density at radius 2 is 1.84 bits per heavy atom. The monoisotopic (exact) mass is 344 g/mol. The van der Waals surface area contributed by atoms with Crippen LogP contribution < -0.4 is 0 Å². The van der Waals surface area contributed by atoms with E-state index in [1.807, 2.05) is 7.11 Å². The molecule has 0 radical (unpaired) electrons. The highest BCUT2D eigenvalue weighted by molar-refractivity contribution is 5.66. The maximum Gasteiger partial charge on any atom is 0.302 e. The van der Waals surface area contributed by atoms with Crippen molar-refractivity contribution in [2.24, 2.45) is 28.6 Å². The normalized spacial score (nSPS) is 45.4. The predicted octanol–water partition coefficient (Wildman–Crippen LogP) is 5.02. The van der Waals surface area contributed by atoms with Crippen LogP contribution in [0, 0.1) is 28.6 Å². The fourth-order valence-corrected chi connectivity index (χ4v) is 6.81. The molecule has 4 aliphatic rings. The van der Waals surface area contributed by atoms with Gasteiger partial charge in [-0.15, -0.1) is 0 Å². The van der Waals surface area contributed by atoms with E-state index in [4.69, 9.17) is 9.47 Å². The molecule has 3 heteroatoms. The van der Waals surface area contributed by atoms with Crippen molar-refractivity contribution in [1.82, 2.24) is 0 Å². The Hall–Kier alpha value is -1.25. The van der Waals surface area contributed by atoms with Gasteiger partial charge < -0.3 is 9.47 Å². The zero-order valence-electron chi connectivity index (χ0n) is 16.1. The maximum absolute atomic E-state index is 11.3. The van der Waals surface area contributed by atoms with Gasteiger partial charge in [0.1, 0.15) is 6.10 Å². The van der Waals surface area contributed by atoms with E-state index in [0.29, 0.717) is 5.41 Å². The number of carbonyl (C=O) groups is 1. The Balaban J connectivity index is 1.58. The Labute approximate surface area is 151 Å². The second-order valence-electron chi connectivity index (χ2n) is 9.20. The Kier molecular flexibility index (Phi) is 4.05. The second kappa shape index (κ2) is 5.89. The first-order valence-corrected chi connectivity index (χ1v) is 10.00. The van der Waals surface area contributed by atoms with Crippen LogP contribution in [-0.4, -0.2) is 19.2 Å². The van der Waals surface area contributed by atoms with Crippen molar-refractivity contribution in [1.29, 1.82) is 0 Å². The number of ether oxygens (including phenoxy) is 2. The zero-order valence-corrected chi connectivity index (χ0v) is 16.1. The number of methoxy groups -OCH3 is 1. The van der Waals surface area contributed by atoms with Crippen LogP contribution >= 0.6 is 0 Å². The third kappa shape index (κ3) is 2.49. The smallest absolute Gasteiger partial charge is 0.302 e. The first-order chi connectivity index (χ1) is 11.9. The first kappa shape index (κ1) is 17.2. The van der Waals surface area contributed by atoms with Gasteiger partial charge in [0.15, 0.2) is 0 Å². The average molecular weight is 344 g/mol. The van der Waals surface area contributed by atoms with Gasteiger partial charge in [0.05, 0.1) is 12.9 Å². The predicted molar refractivity (Wildman–Crippen MR) is 97.7 cm³/mol. The van der Waals surface area contributed by atoms with Crippen LogP contribution in [0.1, 0.15) is 65.7 Å². The molecule has 6 atom stereocenters. The highest BCUT2D eigenvalue weighted by Gasteiger charge is 2.57. The molecule has 0 saturated heterocycles. The molecule has 3 unspecified atom stereocenters. The summed E-state index contributed by atoms with van der Waals surface area (Å²) in [5.41, 5.74) is 2.11. The van der Waals surface area contributed by atoms with Crippen LogP contribution in [0.15, 0.2) is 23.5 Å². The number of carbonyl (C=O) groups excluding carboxylic acids is 1. The zero-order chi connectivity index (χ0) is 17.8. The van der Waals surface area contributed by atoms with Crippen LogP contribution in [0.4, 0.5) is 0 Å². The minimum absolute atomic E-state index is 0.0930. The molecule has 0 spiro atoms. The summed E-state index contributed by atoms with van der Waals surface area (Å²) in [6, 6.07) is 0. The second-order valence-corrected chi connectivity index (χ2v) is 9.20. The van der Waals surface area contributed by atoms with Gasteiger partial charge in [-0.05, 0) is 67.8 Å². The van der Waals surface area contributed by atoms with E-state index in [1.54, 1.807) is 5.57 Å². The number of fused-ring (bicyclic) bond motifs is 5. The lowest BCUT2D eigenvalue weighted by molar-refractivity contribution is -0.148. The number of hydrogen-bond acceptors (Lipinski definition) is 3. The van der Waals surface area contributed by atoms with E-state index < -0.39 is 0 Å². The van der Waals surface area contributed by atoms with Gasteiger partial charge in [0.25, 0.3) is 0 Å². The van der Waals surface area contributed by atoms with Crippen molar-refractivity contribution in [3.05, 3.63) is 23.5 Å². The minimum atomic E-state index is -0.138. The van der Waals surface area contributed by atoms with Crippen molar-refractivity contribution in [2.45, 2.75) is 71.8 Å². The summed E-state index contributed by atoms with van der Waals surface area (Å²) in [4.78, 5) is 11.3. The van der Waals surface area contributed by atoms with Gasteiger partial charge in [0.2, 0.25) is 0 Å². The molecular weight excluding hydrogens is 312 g/mol. The molecular formula is C22H32O3. The molecule has 4 rings (SSSR count). The van der Waals surface area contributed by atoms with Crippen LogP contribution in [0.3, 0.4) is 0 Å². The largest absolute Gasteiger partial charge is 0.501 e. The van der Waals surface area contributed by atoms with Crippen molar-refractivity contribution in [2.75, 3.05) is 7.11 Å². The molecule has 0 aromatic heterocycles. The molecule has 0 bridgehead atoms. The van der Waals surface area contributed by atoms with Crippen LogP contribution in [0.2, 0.25) is 0 Å². The lowest BCUT2D eigenvalue weighted by atomic mass is 9.48. The molecule has 2 fully saturated rings. The van der Waals surface area contributed by atoms with Gasteiger partial charge in [-0.2, -0.15) is 0 Å². The van der Waals surface area contributed by atoms with Crippen LogP contribution in [0.5, 0.6) is 0 Å². The molecule has 3 nitrogen and oxygen atoms in total. The first-order valence-electron chi connectivity index (χ1n) is 10.00. The molecule has 0 amide bonds. The number of esters is 1. The van der Waals surface area contributed by atoms with Gasteiger partial charge in [-0.25, -0.2) is 0 Å². The number of allylic oxidation sites excluding steroid dienone is 3. The van der Waals surface area contributed by atoms with Gasteiger partial charge in [-0.3, -0.25) is 4.79 Å². The molecule has 0 aromatic carbocycles. The lowest BCUT2D eigenvalue weighted by Gasteiger charge is -2.57. The fraction of sp³-hybridized carbons (Fsp3) is 0.773. The summed E-state index contributed by atoms with van der Waals surface area (Å²) in [5.74, 6) is 3.35. The molecule has 2 saturated carbocycles. The number of rotatable bonds is 2. The summed E-state index contributed by atoms with van der Waals surface area (Å²) >= 11 is 0. The topological polar surface area (TPSA) is 35.5 Å². The highest BCUT2D eigenvalue weighted by atomic mass is 16.5. The van der Waals surface area contributed by atoms with Crippen LogP contribution in [0.25, 0.3) is 0 Å². The fourth-order valence-electron chi connectivity index (χ4n) is 6.81. The average Bonchev–Trinajstić information content (AvgIpc) is 2.91. The van der Waals surface area contributed by atoms with Crippen LogP contribution in [-0.2, 0) is 14.3 Å². The molecule has 0 aliphatic heterocycles. The standard InChI is InChI=1S/C22H32O3/c1-14(23)25-16-9-11-21(2)15(13-16)5-6-17-18-7-8-20(24-4)22(18,3)12-10-19(17)21/h5,8,16-19H,6-7,9-13H2,1-4H3/t16-,17?,18?,19?,21-,22-/m0/s1. The summed E-state index contributed by atoms with van der Waals surface area (Å²) in [6.07, 6.45) is 13.0. The SMILES string of the molecule is COC1=CCC2C3CC=C4C[C@@H](OC(C)=O)CC[C@]4(C)C3CC[C@]12C. The molecule has 0 aromatic rings. The third-order valence-corrected chi connectivity index (χ3v) is 8.12. The summed E-state index contributed by atoms with van der Waals surface area (Å²) < 4.78 is 11.3. The van der Waals surface area contributed by atoms with E-state index in [1.165, 1.54) is 38.4 Å². The molecule has 0 N–H and O–H groups in total. The lowest BCUT2D eigenvalue weighted by Crippen LogP contribution is -2.50. The Morgan fingerprint density at radius 3 is 2.56 bits per heavy atom. The van der Waals surface area contributed by atoms with E-state index in [2.05, 4.69) is 26.0 Å². The maximum atomic E-state index is 11.3. The van der Waals surface area contributed by atoms with Gasteiger partial charge in [-0.1, -0.05) is 25.5 Å². The van der Waals surface area contributed by atoms with E-state index >= 15 is 0 Å². The Bertz CT molecular complexity index is 633. The van der Waals surface area contributed by atoms with Crippen molar-refractivity contribution < 1.29 is 14.3 Å². The molecule has 138 valence electrons. The molecule has 25 heavy (non-hydrogen) atoms. The quantitative estimate of drug-likeness (QED) is 0.521. The van der Waals surface area contributed by atoms with Crippen molar-refractivity contribution >= 4 is 5.97 Å². The Morgan fingerprint density at radius 1 is 1.08 bits per heavy atom. The van der Waals surface area contributed by atoms with E-state index in [0.717, 1.165) is 37.0 Å². The summed E-state index contributed by atoms with van der Waals surface area (Å²) in [5, 5.41) is 0. The van der Waals surface area contributed by atoms with Gasteiger partial charge in [0, 0.05) is 18.8 Å². The highest BCUT2D eigenvalue weighted by Crippen LogP contribution is 2.65. The minimum Gasteiger partial charge on any atom is -0.501 e. The van der Waals surface area contributed by atoms with E-state index in [9.17, 15) is 4.79 Å². The number of hydrogen-bond donors (Lipinski definition) is 0. The van der Waals surface area contributed by atoms with E-state index in [-0.39, 0.29) is 17.5 Å². The molecule has 0 heterocycles. The van der Waals surface area contributed by atoms with Crippen molar-refractivity contribution in [3.63, 3.8) is 0 Å². The molecule has 4 aliphatic carbocycles. The van der Waals surface area contributed by atoms with Gasteiger partial charge >= 0.3 is 5.97 Å². The summed E-state index contributed by atoms with van der Waals surface area (Å²) in [6.45, 7) is 6.44. The third-order valence-electron chi connectivity index (χ3n) is 8.12. The summed E-state index contributed by atoms with van der Waals surface area (Å²) in [7, 11) is 1.84.